The molecule has 1 aromatic carbocycles. The fourth-order valence-corrected chi connectivity index (χ4v) is 2.67. The second kappa shape index (κ2) is 3.85. The molecule has 1 N–H and O–H groups in total. The van der Waals surface area contributed by atoms with E-state index in [1.54, 1.807) is 24.3 Å². The van der Waals surface area contributed by atoms with E-state index in [0.29, 0.717) is 11.0 Å². The molecule has 0 saturated heterocycles. The number of carbonyl (C=O) groups is 1. The van der Waals surface area contributed by atoms with Crippen LogP contribution in [0.4, 0.5) is 0 Å². The standard InChI is InChI=1S/C10H10N2O4S/c1-17(15,16)12-8-5-3-2-4-7(8)11-9(12)6-10(13)14/h2-5H,6H2,1H3,(H,13,14). The minimum Gasteiger partial charge on any atom is -0.481 e. The molecule has 2 aromatic rings. The molecule has 0 fully saturated rings. The van der Waals surface area contributed by atoms with Crippen LogP contribution < -0.4 is 0 Å². The maximum absolute atomic E-state index is 11.6. The van der Waals surface area contributed by atoms with E-state index in [2.05, 4.69) is 4.98 Å². The molecule has 7 heteroatoms. The Balaban J connectivity index is 2.79. The van der Waals surface area contributed by atoms with E-state index in [9.17, 15) is 13.2 Å². The topological polar surface area (TPSA) is 89.3 Å². The molecule has 0 amide bonds. The number of benzene rings is 1. The number of aliphatic carboxylic acids is 1. The molecular weight excluding hydrogens is 244 g/mol. The number of carboxylic acids is 1. The molecule has 1 aromatic heterocycles. The predicted octanol–water partition coefficient (Wildman–Crippen LogP) is 0.471. The molecule has 0 unspecified atom stereocenters. The fourth-order valence-electron chi connectivity index (χ4n) is 1.67. The third-order valence-corrected chi connectivity index (χ3v) is 3.30. The van der Waals surface area contributed by atoms with E-state index in [0.717, 1.165) is 10.2 Å². The van der Waals surface area contributed by atoms with E-state index in [1.165, 1.54) is 0 Å². The first-order valence-electron chi connectivity index (χ1n) is 4.78. The Hall–Kier alpha value is -1.89. The molecule has 0 radical (unpaired) electrons. The first-order valence-corrected chi connectivity index (χ1v) is 6.63. The average molecular weight is 254 g/mol. The van der Waals surface area contributed by atoms with E-state index in [1.807, 2.05) is 0 Å². The van der Waals surface area contributed by atoms with Gasteiger partial charge in [0.2, 0.25) is 10.0 Å². The molecule has 0 bridgehead atoms. The van der Waals surface area contributed by atoms with Crippen LogP contribution in [0.5, 0.6) is 0 Å². The number of imidazole rings is 1. The Morgan fingerprint density at radius 2 is 2.06 bits per heavy atom. The Bertz CT molecular complexity index is 687. The van der Waals surface area contributed by atoms with Gasteiger partial charge in [-0.2, -0.15) is 0 Å². The molecule has 0 saturated carbocycles. The average Bonchev–Trinajstić information content (AvgIpc) is 2.53. The molecule has 0 spiro atoms. The quantitative estimate of drug-likeness (QED) is 0.860. The highest BCUT2D eigenvalue weighted by molar-refractivity contribution is 7.89. The van der Waals surface area contributed by atoms with E-state index in [-0.39, 0.29) is 5.82 Å². The summed E-state index contributed by atoms with van der Waals surface area (Å²) in [5, 5.41) is 8.73. The zero-order valence-electron chi connectivity index (χ0n) is 8.99. The van der Waals surface area contributed by atoms with Crippen LogP contribution in [0.2, 0.25) is 0 Å². The van der Waals surface area contributed by atoms with Gasteiger partial charge in [-0.3, -0.25) is 4.79 Å². The minimum absolute atomic E-state index is 0.0150. The van der Waals surface area contributed by atoms with Crippen LogP contribution in [0.3, 0.4) is 0 Å². The Labute approximate surface area is 97.6 Å². The van der Waals surface area contributed by atoms with Gasteiger partial charge in [-0.25, -0.2) is 17.4 Å². The van der Waals surface area contributed by atoms with Crippen LogP contribution in [0.15, 0.2) is 24.3 Å². The summed E-state index contributed by atoms with van der Waals surface area (Å²) >= 11 is 0. The van der Waals surface area contributed by atoms with Crippen LogP contribution in [0.25, 0.3) is 11.0 Å². The van der Waals surface area contributed by atoms with Gasteiger partial charge in [-0.1, -0.05) is 12.1 Å². The molecule has 0 atom stereocenters. The maximum Gasteiger partial charge on any atom is 0.311 e. The van der Waals surface area contributed by atoms with Crippen molar-refractivity contribution in [1.29, 1.82) is 0 Å². The number of aromatic nitrogens is 2. The highest BCUT2D eigenvalue weighted by Crippen LogP contribution is 2.18. The number of nitrogens with zero attached hydrogens (tertiary/aromatic N) is 2. The van der Waals surface area contributed by atoms with Crippen molar-refractivity contribution in [3.8, 4) is 0 Å². The van der Waals surface area contributed by atoms with E-state index in [4.69, 9.17) is 5.11 Å². The minimum atomic E-state index is -3.57. The van der Waals surface area contributed by atoms with Gasteiger partial charge in [0, 0.05) is 0 Å². The van der Waals surface area contributed by atoms with Gasteiger partial charge in [0.05, 0.1) is 17.3 Å². The molecule has 2 rings (SSSR count). The largest absolute Gasteiger partial charge is 0.481 e. The number of hydrogen-bond acceptors (Lipinski definition) is 4. The second-order valence-electron chi connectivity index (χ2n) is 3.61. The zero-order valence-corrected chi connectivity index (χ0v) is 9.81. The predicted molar refractivity (Wildman–Crippen MR) is 61.3 cm³/mol. The highest BCUT2D eigenvalue weighted by Gasteiger charge is 2.19. The first kappa shape index (κ1) is 11.6. The summed E-state index contributed by atoms with van der Waals surface area (Å²) in [4.78, 5) is 14.7. The van der Waals surface area contributed by atoms with Crippen molar-refractivity contribution in [2.45, 2.75) is 6.42 Å². The number of rotatable bonds is 3. The number of para-hydroxylation sites is 2. The highest BCUT2D eigenvalue weighted by atomic mass is 32.2. The lowest BCUT2D eigenvalue weighted by Gasteiger charge is -2.04. The van der Waals surface area contributed by atoms with Crippen molar-refractivity contribution >= 4 is 27.0 Å². The summed E-state index contributed by atoms with van der Waals surface area (Å²) in [5.41, 5.74) is 0.862. The van der Waals surface area contributed by atoms with Gasteiger partial charge in [0.15, 0.2) is 0 Å². The monoisotopic (exact) mass is 254 g/mol. The summed E-state index contributed by atoms with van der Waals surface area (Å²) in [6, 6.07) is 6.62. The lowest BCUT2D eigenvalue weighted by Crippen LogP contribution is -2.16. The van der Waals surface area contributed by atoms with Crippen LogP contribution in [0.1, 0.15) is 5.82 Å². The molecule has 1 heterocycles. The smallest absolute Gasteiger partial charge is 0.311 e. The lowest BCUT2D eigenvalue weighted by atomic mass is 10.3. The Kier molecular flexibility index (Phi) is 2.62. The van der Waals surface area contributed by atoms with Gasteiger partial charge in [0.1, 0.15) is 12.2 Å². The third-order valence-electron chi connectivity index (χ3n) is 2.23. The van der Waals surface area contributed by atoms with Crippen molar-refractivity contribution < 1.29 is 18.3 Å². The number of hydrogen-bond donors (Lipinski definition) is 1. The molecule has 17 heavy (non-hydrogen) atoms. The normalized spacial score (nSPS) is 11.8. The van der Waals surface area contributed by atoms with Crippen molar-refractivity contribution in [2.75, 3.05) is 6.26 Å². The molecule has 90 valence electrons. The molecule has 0 aliphatic rings. The van der Waals surface area contributed by atoms with Crippen LogP contribution in [-0.2, 0) is 21.2 Å². The van der Waals surface area contributed by atoms with Gasteiger partial charge in [-0.05, 0) is 12.1 Å². The number of carboxylic acid groups (broad SMARTS) is 1. The van der Waals surface area contributed by atoms with Gasteiger partial charge < -0.3 is 5.11 Å². The summed E-state index contributed by atoms with van der Waals surface area (Å²) in [7, 11) is -3.57. The zero-order chi connectivity index (χ0) is 12.6. The van der Waals surface area contributed by atoms with Gasteiger partial charge in [0.25, 0.3) is 0 Å². The van der Waals surface area contributed by atoms with Gasteiger partial charge in [-0.15, -0.1) is 0 Å². The summed E-state index contributed by atoms with van der Waals surface area (Å²) in [6.07, 6.45) is 0.591. The van der Waals surface area contributed by atoms with Crippen molar-refractivity contribution in [3.63, 3.8) is 0 Å². The first-order chi connectivity index (χ1) is 7.89. The fraction of sp³-hybridized carbons (Fsp3) is 0.200. The molecule has 0 aliphatic carbocycles. The van der Waals surface area contributed by atoms with Crippen LogP contribution in [0, 0.1) is 0 Å². The summed E-state index contributed by atoms with van der Waals surface area (Å²) < 4.78 is 24.2. The maximum atomic E-state index is 11.6. The molecular formula is C10H10N2O4S. The van der Waals surface area contributed by atoms with E-state index < -0.39 is 22.4 Å². The van der Waals surface area contributed by atoms with Crippen LogP contribution >= 0.6 is 0 Å². The third kappa shape index (κ3) is 2.14. The molecule has 0 aliphatic heterocycles. The Morgan fingerprint density at radius 3 is 2.65 bits per heavy atom. The van der Waals surface area contributed by atoms with Crippen molar-refractivity contribution in [1.82, 2.24) is 8.96 Å². The number of fused-ring (bicyclic) bond motifs is 1. The van der Waals surface area contributed by atoms with Gasteiger partial charge >= 0.3 is 5.97 Å². The van der Waals surface area contributed by atoms with Crippen LogP contribution in [-0.4, -0.2) is 34.7 Å². The van der Waals surface area contributed by atoms with E-state index >= 15 is 0 Å². The lowest BCUT2D eigenvalue weighted by molar-refractivity contribution is -0.136. The van der Waals surface area contributed by atoms with Crippen molar-refractivity contribution in [2.24, 2.45) is 0 Å². The van der Waals surface area contributed by atoms with Crippen molar-refractivity contribution in [3.05, 3.63) is 30.1 Å². The summed E-state index contributed by atoms with van der Waals surface area (Å²) in [5.74, 6) is -1.11. The summed E-state index contributed by atoms with van der Waals surface area (Å²) in [6.45, 7) is 0. The second-order valence-corrected chi connectivity index (χ2v) is 5.45. The Morgan fingerprint density at radius 1 is 1.41 bits per heavy atom. The SMILES string of the molecule is CS(=O)(=O)n1c(CC(=O)O)nc2ccccc21. The molecule has 6 nitrogen and oxygen atoms in total.